The minimum Gasteiger partial charge on any atom is -0.481 e. The second kappa shape index (κ2) is 2.87. The molecule has 0 aromatic heterocycles. The van der Waals surface area contributed by atoms with Crippen LogP contribution in [0.2, 0.25) is 0 Å². The van der Waals surface area contributed by atoms with Crippen molar-refractivity contribution in [3.63, 3.8) is 0 Å². The number of para-hydroxylation sites is 1. The van der Waals surface area contributed by atoms with Gasteiger partial charge in [-0.05, 0) is 18.1 Å². The highest BCUT2D eigenvalue weighted by Crippen LogP contribution is 2.30. The van der Waals surface area contributed by atoms with Gasteiger partial charge >= 0.3 is 0 Å². The molecule has 1 aliphatic rings. The summed E-state index contributed by atoms with van der Waals surface area (Å²) in [7, 11) is 0. The van der Waals surface area contributed by atoms with Crippen LogP contribution in [0.15, 0.2) is 24.3 Å². The number of ketones is 1. The quantitative estimate of drug-likeness (QED) is 0.656. The summed E-state index contributed by atoms with van der Waals surface area (Å²) in [5.41, 5.74) is 0.723. The average Bonchev–Trinajstić information content (AvgIpc) is 2.45. The van der Waals surface area contributed by atoms with Crippen molar-refractivity contribution in [2.24, 2.45) is 5.92 Å². The van der Waals surface area contributed by atoms with Crippen LogP contribution >= 0.6 is 0 Å². The molecule has 1 aromatic carbocycles. The number of fused-ring (bicyclic) bond motifs is 1. The first-order chi connectivity index (χ1) is 6.20. The average molecular weight is 176 g/mol. The maximum Gasteiger partial charge on any atom is 0.207 e. The van der Waals surface area contributed by atoms with Crippen LogP contribution in [0.1, 0.15) is 24.2 Å². The van der Waals surface area contributed by atoms with Crippen LogP contribution in [0.3, 0.4) is 0 Å². The van der Waals surface area contributed by atoms with Crippen molar-refractivity contribution in [3.05, 3.63) is 29.8 Å². The molecule has 0 radical (unpaired) electrons. The second-order valence-corrected chi connectivity index (χ2v) is 3.64. The molecule has 68 valence electrons. The molecule has 1 aliphatic heterocycles. The van der Waals surface area contributed by atoms with E-state index in [0.29, 0.717) is 0 Å². The van der Waals surface area contributed by atoms with Gasteiger partial charge in [0.1, 0.15) is 5.75 Å². The Labute approximate surface area is 77.5 Å². The lowest BCUT2D eigenvalue weighted by atomic mass is 10.0. The van der Waals surface area contributed by atoms with Gasteiger partial charge in [0.2, 0.25) is 5.78 Å². The molecule has 1 atom stereocenters. The molecule has 2 rings (SSSR count). The normalized spacial score (nSPS) is 20.2. The van der Waals surface area contributed by atoms with E-state index >= 15 is 0 Å². The van der Waals surface area contributed by atoms with E-state index in [0.717, 1.165) is 11.3 Å². The third-order valence-corrected chi connectivity index (χ3v) is 2.27. The number of Topliss-reactive ketones (excluding diaryl/α,β-unsaturated/α-hetero) is 1. The van der Waals surface area contributed by atoms with E-state index in [4.69, 9.17) is 4.74 Å². The maximum atomic E-state index is 11.7. The predicted molar refractivity (Wildman–Crippen MR) is 50.0 cm³/mol. The number of carbonyl (C=O) groups excluding carboxylic acids is 1. The van der Waals surface area contributed by atoms with Gasteiger partial charge in [-0.1, -0.05) is 26.0 Å². The van der Waals surface area contributed by atoms with E-state index in [-0.39, 0.29) is 17.8 Å². The Morgan fingerprint density at radius 3 is 2.62 bits per heavy atom. The number of hydrogen-bond donors (Lipinski definition) is 0. The van der Waals surface area contributed by atoms with Gasteiger partial charge in [-0.3, -0.25) is 4.79 Å². The fraction of sp³-hybridized carbons (Fsp3) is 0.364. The first kappa shape index (κ1) is 8.30. The molecule has 2 heteroatoms. The number of carbonyl (C=O) groups is 1. The van der Waals surface area contributed by atoms with Crippen LogP contribution in [0, 0.1) is 5.92 Å². The minimum absolute atomic E-state index is 0.116. The summed E-state index contributed by atoms with van der Waals surface area (Å²) in [5, 5.41) is 0. The Hall–Kier alpha value is -1.31. The Morgan fingerprint density at radius 1 is 1.31 bits per heavy atom. The minimum atomic E-state index is -0.280. The van der Waals surface area contributed by atoms with Crippen molar-refractivity contribution in [1.29, 1.82) is 0 Å². The van der Waals surface area contributed by atoms with Gasteiger partial charge in [-0.2, -0.15) is 0 Å². The second-order valence-electron chi connectivity index (χ2n) is 3.64. The molecular formula is C11H12O2. The summed E-state index contributed by atoms with van der Waals surface area (Å²) >= 11 is 0. The van der Waals surface area contributed by atoms with Crippen LogP contribution in [0.4, 0.5) is 0 Å². The molecular weight excluding hydrogens is 164 g/mol. The van der Waals surface area contributed by atoms with E-state index in [9.17, 15) is 4.79 Å². The zero-order chi connectivity index (χ0) is 9.42. The summed E-state index contributed by atoms with van der Waals surface area (Å²) in [6, 6.07) is 7.41. The smallest absolute Gasteiger partial charge is 0.207 e. The third-order valence-electron chi connectivity index (χ3n) is 2.27. The highest BCUT2D eigenvalue weighted by atomic mass is 16.5. The van der Waals surface area contributed by atoms with Gasteiger partial charge in [0.05, 0.1) is 5.56 Å². The predicted octanol–water partition coefficient (Wildman–Crippen LogP) is 2.29. The van der Waals surface area contributed by atoms with Gasteiger partial charge in [-0.25, -0.2) is 0 Å². The van der Waals surface area contributed by atoms with Crippen molar-refractivity contribution in [1.82, 2.24) is 0 Å². The molecule has 2 nitrogen and oxygen atoms in total. The van der Waals surface area contributed by atoms with Crippen LogP contribution in [0.5, 0.6) is 5.75 Å². The molecule has 0 aliphatic carbocycles. The summed E-state index contributed by atoms with van der Waals surface area (Å²) in [6.45, 7) is 3.99. The molecule has 1 heterocycles. The summed E-state index contributed by atoms with van der Waals surface area (Å²) in [5.74, 6) is 1.08. The third kappa shape index (κ3) is 1.22. The van der Waals surface area contributed by atoms with Crippen molar-refractivity contribution < 1.29 is 9.53 Å². The molecule has 0 spiro atoms. The molecule has 0 amide bonds. The van der Waals surface area contributed by atoms with Gasteiger partial charge < -0.3 is 4.74 Å². The molecule has 1 aromatic rings. The fourth-order valence-corrected chi connectivity index (χ4v) is 1.56. The van der Waals surface area contributed by atoms with E-state index in [1.807, 2.05) is 38.1 Å². The molecule has 0 fully saturated rings. The molecule has 0 bridgehead atoms. The van der Waals surface area contributed by atoms with E-state index in [1.165, 1.54) is 0 Å². The largest absolute Gasteiger partial charge is 0.481 e. The summed E-state index contributed by atoms with van der Waals surface area (Å²) in [4.78, 5) is 11.7. The number of benzene rings is 1. The molecule has 13 heavy (non-hydrogen) atoms. The Balaban J connectivity index is 2.38. The van der Waals surface area contributed by atoms with Crippen LogP contribution in [0.25, 0.3) is 0 Å². The topological polar surface area (TPSA) is 26.3 Å². The van der Waals surface area contributed by atoms with Gasteiger partial charge in [0, 0.05) is 0 Å². The van der Waals surface area contributed by atoms with Crippen LogP contribution in [-0.2, 0) is 0 Å². The zero-order valence-electron chi connectivity index (χ0n) is 7.78. The van der Waals surface area contributed by atoms with Gasteiger partial charge in [-0.15, -0.1) is 0 Å². The molecule has 0 saturated heterocycles. The van der Waals surface area contributed by atoms with E-state index in [2.05, 4.69) is 0 Å². The maximum absolute atomic E-state index is 11.7. The lowest BCUT2D eigenvalue weighted by Gasteiger charge is -2.12. The van der Waals surface area contributed by atoms with Gasteiger partial charge in [0.25, 0.3) is 0 Å². The Bertz CT molecular complexity index is 342. The van der Waals surface area contributed by atoms with Crippen molar-refractivity contribution in [2.45, 2.75) is 20.0 Å². The lowest BCUT2D eigenvalue weighted by Crippen LogP contribution is -2.26. The van der Waals surface area contributed by atoms with Crippen molar-refractivity contribution >= 4 is 5.78 Å². The van der Waals surface area contributed by atoms with Crippen LogP contribution < -0.4 is 4.74 Å². The lowest BCUT2D eigenvalue weighted by molar-refractivity contribution is 0.0791. The first-order valence-electron chi connectivity index (χ1n) is 4.50. The molecule has 0 N–H and O–H groups in total. The highest BCUT2D eigenvalue weighted by Gasteiger charge is 2.33. The SMILES string of the molecule is CC(C)C1Oc2ccccc2C1=O. The standard InChI is InChI=1S/C11H12O2/c1-7(2)11-10(12)8-5-3-4-6-9(8)13-11/h3-7,11H,1-2H3. The van der Waals surface area contributed by atoms with Crippen LogP contribution in [-0.4, -0.2) is 11.9 Å². The van der Waals surface area contributed by atoms with E-state index < -0.39 is 0 Å². The number of hydrogen-bond acceptors (Lipinski definition) is 2. The highest BCUT2D eigenvalue weighted by molar-refractivity contribution is 6.04. The summed E-state index contributed by atoms with van der Waals surface area (Å²) < 4.78 is 5.53. The molecule has 1 unspecified atom stereocenters. The van der Waals surface area contributed by atoms with Crippen molar-refractivity contribution in [3.8, 4) is 5.75 Å². The monoisotopic (exact) mass is 176 g/mol. The Kier molecular flexibility index (Phi) is 1.83. The van der Waals surface area contributed by atoms with E-state index in [1.54, 1.807) is 0 Å². The molecule has 0 saturated carbocycles. The van der Waals surface area contributed by atoms with Crippen molar-refractivity contribution in [2.75, 3.05) is 0 Å². The first-order valence-corrected chi connectivity index (χ1v) is 4.50. The van der Waals surface area contributed by atoms with Gasteiger partial charge in [0.15, 0.2) is 6.10 Å². The Morgan fingerprint density at radius 2 is 2.00 bits per heavy atom. The summed E-state index contributed by atoms with van der Waals surface area (Å²) in [6.07, 6.45) is -0.280. The number of rotatable bonds is 1. The fourth-order valence-electron chi connectivity index (χ4n) is 1.56. The number of ether oxygens (including phenoxy) is 1. The zero-order valence-corrected chi connectivity index (χ0v) is 7.78.